The van der Waals surface area contributed by atoms with Gasteiger partial charge in [-0.2, -0.15) is 4.72 Å². The summed E-state index contributed by atoms with van der Waals surface area (Å²) in [6.45, 7) is 3.47. The van der Waals surface area contributed by atoms with Crippen LogP contribution in [0.1, 0.15) is 25.7 Å². The van der Waals surface area contributed by atoms with Crippen LogP contribution in [-0.4, -0.2) is 80.3 Å². The van der Waals surface area contributed by atoms with Crippen molar-refractivity contribution in [2.24, 2.45) is 0 Å². The summed E-state index contributed by atoms with van der Waals surface area (Å²) in [6.07, 6.45) is 6.06. The molecule has 2 aliphatic rings. The predicted molar refractivity (Wildman–Crippen MR) is 146 cm³/mol. The van der Waals surface area contributed by atoms with Crippen LogP contribution in [-0.2, 0) is 19.6 Å². The van der Waals surface area contributed by atoms with Crippen LogP contribution < -0.4 is 9.62 Å². The van der Waals surface area contributed by atoms with E-state index in [0.717, 1.165) is 35.7 Å². The Morgan fingerprint density at radius 2 is 1.50 bits per heavy atom. The SMILES string of the molecule is O=C(C[C@H](NS(=O)(=O)c1ccc2ccccc2c1)C(=O)N1CCCCC1)N1CCN(c2ccncc2)CC1. The van der Waals surface area contributed by atoms with Crippen LogP contribution in [0.2, 0.25) is 0 Å². The number of hydrogen-bond donors (Lipinski definition) is 1. The van der Waals surface area contributed by atoms with Gasteiger partial charge in [0.05, 0.1) is 11.3 Å². The van der Waals surface area contributed by atoms with E-state index in [1.54, 1.807) is 34.3 Å². The largest absolute Gasteiger partial charge is 0.368 e. The fourth-order valence-electron chi connectivity index (χ4n) is 5.18. The number of hydrogen-bond acceptors (Lipinski definition) is 6. The number of likely N-dealkylation sites (tertiary alicyclic amines) is 1. The van der Waals surface area contributed by atoms with Gasteiger partial charge in [-0.3, -0.25) is 14.6 Å². The van der Waals surface area contributed by atoms with Crippen molar-refractivity contribution in [3.8, 4) is 0 Å². The fourth-order valence-corrected chi connectivity index (χ4v) is 6.40. The zero-order chi connectivity index (χ0) is 26.5. The number of piperidine rings is 1. The maximum Gasteiger partial charge on any atom is 0.241 e. The van der Waals surface area contributed by atoms with E-state index >= 15 is 0 Å². The highest BCUT2D eigenvalue weighted by atomic mass is 32.2. The Labute approximate surface area is 223 Å². The van der Waals surface area contributed by atoms with Gasteiger partial charge in [0.15, 0.2) is 0 Å². The minimum Gasteiger partial charge on any atom is -0.368 e. The van der Waals surface area contributed by atoms with Crippen LogP contribution in [0.15, 0.2) is 71.9 Å². The Kier molecular flexibility index (Phi) is 7.90. The fraction of sp³-hybridized carbons (Fsp3) is 0.393. The molecule has 2 amide bonds. The average molecular weight is 536 g/mol. The van der Waals surface area contributed by atoms with Gasteiger partial charge >= 0.3 is 0 Å². The highest BCUT2D eigenvalue weighted by Gasteiger charge is 2.34. The third kappa shape index (κ3) is 5.97. The second-order valence-corrected chi connectivity index (χ2v) is 11.6. The van der Waals surface area contributed by atoms with E-state index in [1.807, 2.05) is 36.4 Å². The second kappa shape index (κ2) is 11.5. The molecule has 0 aliphatic carbocycles. The van der Waals surface area contributed by atoms with Gasteiger partial charge in [0.2, 0.25) is 21.8 Å². The van der Waals surface area contributed by atoms with Crippen molar-refractivity contribution in [2.75, 3.05) is 44.2 Å². The first-order chi connectivity index (χ1) is 18.4. The molecule has 0 unspecified atom stereocenters. The Balaban J connectivity index is 1.31. The van der Waals surface area contributed by atoms with Gasteiger partial charge in [0.1, 0.15) is 6.04 Å². The molecule has 200 valence electrons. The van der Waals surface area contributed by atoms with Gasteiger partial charge in [-0.25, -0.2) is 8.42 Å². The van der Waals surface area contributed by atoms with Crippen LogP contribution in [0.25, 0.3) is 10.8 Å². The minimum atomic E-state index is -4.04. The van der Waals surface area contributed by atoms with Crippen LogP contribution in [0.5, 0.6) is 0 Å². The smallest absolute Gasteiger partial charge is 0.241 e. The van der Waals surface area contributed by atoms with Crippen LogP contribution in [0.4, 0.5) is 5.69 Å². The van der Waals surface area contributed by atoms with Crippen molar-refractivity contribution in [2.45, 2.75) is 36.6 Å². The van der Waals surface area contributed by atoms with Crippen LogP contribution >= 0.6 is 0 Å². The molecule has 3 heterocycles. The molecule has 1 atom stereocenters. The Hall–Kier alpha value is -3.50. The van der Waals surface area contributed by atoms with Crippen molar-refractivity contribution >= 4 is 38.3 Å². The molecule has 0 spiro atoms. The quantitative estimate of drug-likeness (QED) is 0.499. The van der Waals surface area contributed by atoms with Crippen molar-refractivity contribution < 1.29 is 18.0 Å². The number of aromatic nitrogens is 1. The molecule has 0 bridgehead atoms. The molecular formula is C28H33N5O4S. The third-order valence-electron chi connectivity index (χ3n) is 7.33. The summed E-state index contributed by atoms with van der Waals surface area (Å²) in [7, 11) is -4.04. The lowest BCUT2D eigenvalue weighted by Crippen LogP contribution is -2.54. The van der Waals surface area contributed by atoms with E-state index in [-0.39, 0.29) is 23.1 Å². The molecule has 10 heteroatoms. The number of rotatable bonds is 7. The summed E-state index contributed by atoms with van der Waals surface area (Å²) < 4.78 is 29.4. The molecule has 3 aromatic rings. The first-order valence-electron chi connectivity index (χ1n) is 13.1. The standard InChI is InChI=1S/C28H33N5O4S/c34-27(32-18-16-31(17-19-32)24-10-12-29-13-11-24)21-26(28(35)33-14-4-1-5-15-33)30-38(36,37)25-9-8-22-6-2-3-7-23(22)20-25/h2-3,6-13,20,26,30H,1,4-5,14-19,21H2/t26-/m0/s1. The number of pyridine rings is 1. The zero-order valence-corrected chi connectivity index (χ0v) is 22.1. The summed E-state index contributed by atoms with van der Waals surface area (Å²) >= 11 is 0. The molecule has 38 heavy (non-hydrogen) atoms. The Morgan fingerprint density at radius 3 is 2.21 bits per heavy atom. The first kappa shape index (κ1) is 26.1. The monoisotopic (exact) mass is 535 g/mol. The van der Waals surface area contributed by atoms with Crippen LogP contribution in [0, 0.1) is 0 Å². The first-order valence-corrected chi connectivity index (χ1v) is 14.6. The number of sulfonamides is 1. The van der Waals surface area contributed by atoms with Gasteiger partial charge in [-0.15, -0.1) is 0 Å². The average Bonchev–Trinajstić information content (AvgIpc) is 2.97. The number of anilines is 1. The van der Waals surface area contributed by atoms with Crippen molar-refractivity contribution in [1.29, 1.82) is 0 Å². The number of piperazine rings is 1. The number of benzene rings is 2. The molecule has 0 saturated carbocycles. The third-order valence-corrected chi connectivity index (χ3v) is 8.80. The lowest BCUT2D eigenvalue weighted by atomic mass is 10.1. The Bertz CT molecular complexity index is 1380. The second-order valence-electron chi connectivity index (χ2n) is 9.85. The number of nitrogens with zero attached hydrogens (tertiary/aromatic N) is 4. The normalized spacial score (nSPS) is 17.4. The molecule has 5 rings (SSSR count). The van der Waals surface area contributed by atoms with Gasteiger partial charge < -0.3 is 14.7 Å². The lowest BCUT2D eigenvalue weighted by Gasteiger charge is -2.37. The maximum atomic E-state index is 13.5. The molecule has 2 aliphatic heterocycles. The topological polar surface area (TPSA) is 103 Å². The maximum absolute atomic E-state index is 13.5. The summed E-state index contributed by atoms with van der Waals surface area (Å²) in [6, 6.07) is 15.1. The molecule has 1 N–H and O–H groups in total. The van der Waals surface area contributed by atoms with Crippen molar-refractivity contribution in [3.63, 3.8) is 0 Å². The molecular weight excluding hydrogens is 502 g/mol. The highest BCUT2D eigenvalue weighted by Crippen LogP contribution is 2.21. The van der Waals surface area contributed by atoms with Gasteiger partial charge in [-0.05, 0) is 54.3 Å². The number of carbonyl (C=O) groups excluding carboxylic acids is 2. The van der Waals surface area contributed by atoms with Crippen molar-refractivity contribution in [3.05, 3.63) is 67.0 Å². The minimum absolute atomic E-state index is 0.0751. The van der Waals surface area contributed by atoms with Crippen molar-refractivity contribution in [1.82, 2.24) is 19.5 Å². The highest BCUT2D eigenvalue weighted by molar-refractivity contribution is 7.89. The lowest BCUT2D eigenvalue weighted by molar-refractivity contribution is -0.139. The summed E-state index contributed by atoms with van der Waals surface area (Å²) in [5.74, 6) is -0.561. The van der Waals surface area contributed by atoms with E-state index in [9.17, 15) is 18.0 Å². The van der Waals surface area contributed by atoms with E-state index in [2.05, 4.69) is 14.6 Å². The number of amides is 2. The molecule has 2 aromatic carbocycles. The zero-order valence-electron chi connectivity index (χ0n) is 21.3. The summed E-state index contributed by atoms with van der Waals surface area (Å²) in [5.41, 5.74) is 1.05. The molecule has 1 aromatic heterocycles. The predicted octanol–water partition coefficient (Wildman–Crippen LogP) is 2.63. The molecule has 2 saturated heterocycles. The van der Waals surface area contributed by atoms with E-state index in [0.29, 0.717) is 39.3 Å². The van der Waals surface area contributed by atoms with Gasteiger partial charge in [-0.1, -0.05) is 30.3 Å². The molecule has 2 fully saturated rings. The van der Waals surface area contributed by atoms with Gasteiger partial charge in [0, 0.05) is 57.3 Å². The van der Waals surface area contributed by atoms with E-state index < -0.39 is 16.1 Å². The summed E-state index contributed by atoms with van der Waals surface area (Å²) in [4.78, 5) is 36.5. The van der Waals surface area contributed by atoms with Gasteiger partial charge in [0.25, 0.3) is 0 Å². The van der Waals surface area contributed by atoms with E-state index in [4.69, 9.17) is 0 Å². The van der Waals surface area contributed by atoms with Crippen LogP contribution in [0.3, 0.4) is 0 Å². The Morgan fingerprint density at radius 1 is 0.816 bits per heavy atom. The number of fused-ring (bicyclic) bond motifs is 1. The number of nitrogens with one attached hydrogen (secondary N) is 1. The van der Waals surface area contributed by atoms with E-state index in [1.165, 1.54) is 6.07 Å². The summed E-state index contributed by atoms with van der Waals surface area (Å²) in [5, 5.41) is 1.71. The number of carbonyl (C=O) groups is 2. The molecule has 0 radical (unpaired) electrons. The molecule has 9 nitrogen and oxygen atoms in total.